The summed E-state index contributed by atoms with van der Waals surface area (Å²) in [4.78, 5) is 4.17. The Morgan fingerprint density at radius 3 is 2.62 bits per heavy atom. The van der Waals surface area contributed by atoms with Crippen LogP contribution in [0.15, 0.2) is 35.8 Å². The lowest BCUT2D eigenvalue weighted by Gasteiger charge is -2.09. The van der Waals surface area contributed by atoms with E-state index < -0.39 is 6.10 Å². The van der Waals surface area contributed by atoms with Gasteiger partial charge in [0.15, 0.2) is 0 Å². The van der Waals surface area contributed by atoms with Gasteiger partial charge >= 0.3 is 0 Å². The van der Waals surface area contributed by atoms with Gasteiger partial charge in [0.25, 0.3) is 0 Å². The molecule has 0 bridgehead atoms. The number of aliphatic hydroxyl groups is 1. The van der Waals surface area contributed by atoms with E-state index in [0.717, 1.165) is 17.0 Å². The summed E-state index contributed by atoms with van der Waals surface area (Å²) in [7, 11) is 0. The van der Waals surface area contributed by atoms with E-state index in [4.69, 9.17) is 0 Å². The lowest BCUT2D eigenvalue weighted by atomic mass is 10.0. The van der Waals surface area contributed by atoms with Crippen molar-refractivity contribution < 1.29 is 5.11 Å². The van der Waals surface area contributed by atoms with Gasteiger partial charge in [-0.3, -0.25) is 0 Å². The van der Waals surface area contributed by atoms with Gasteiger partial charge in [-0.2, -0.15) is 0 Å². The summed E-state index contributed by atoms with van der Waals surface area (Å²) >= 11 is 1.58. The van der Waals surface area contributed by atoms with Crippen molar-refractivity contribution in [2.75, 3.05) is 0 Å². The molecule has 1 aromatic carbocycles. The van der Waals surface area contributed by atoms with E-state index in [1.165, 1.54) is 5.56 Å². The Balaban J connectivity index is 2.05. The summed E-state index contributed by atoms with van der Waals surface area (Å²) < 4.78 is 0. The predicted molar refractivity (Wildman–Crippen MR) is 66.6 cm³/mol. The Hall–Kier alpha value is -1.19. The molecular formula is C13H15NOS. The minimum atomic E-state index is -0.447. The van der Waals surface area contributed by atoms with Crippen LogP contribution in [0, 0.1) is 0 Å². The number of hydrogen-bond acceptors (Lipinski definition) is 3. The third-order valence-electron chi connectivity index (χ3n) is 2.62. The first kappa shape index (κ1) is 11.3. The van der Waals surface area contributed by atoms with Crippen LogP contribution in [0.2, 0.25) is 0 Å². The summed E-state index contributed by atoms with van der Waals surface area (Å²) in [5.41, 5.74) is 2.26. The molecule has 0 aliphatic rings. The normalized spacial score (nSPS) is 12.6. The number of aromatic nitrogens is 1. The lowest BCUT2D eigenvalue weighted by molar-refractivity contribution is 0.178. The van der Waals surface area contributed by atoms with Crippen LogP contribution < -0.4 is 0 Å². The van der Waals surface area contributed by atoms with E-state index in [1.807, 2.05) is 17.5 Å². The maximum atomic E-state index is 10.0. The first-order chi connectivity index (χ1) is 7.79. The molecule has 16 heavy (non-hydrogen) atoms. The first-order valence-corrected chi connectivity index (χ1v) is 6.33. The molecule has 0 spiro atoms. The van der Waals surface area contributed by atoms with Crippen molar-refractivity contribution in [3.8, 4) is 0 Å². The van der Waals surface area contributed by atoms with Gasteiger partial charge in [0.2, 0.25) is 0 Å². The number of hydrogen-bond donors (Lipinski definition) is 1. The number of aryl methyl sites for hydroxylation is 1. The number of thiazole rings is 1. The van der Waals surface area contributed by atoms with Crippen LogP contribution in [-0.4, -0.2) is 10.1 Å². The zero-order valence-corrected chi connectivity index (χ0v) is 10.1. The average Bonchev–Trinajstić information content (AvgIpc) is 2.82. The van der Waals surface area contributed by atoms with Crippen molar-refractivity contribution in [3.63, 3.8) is 0 Å². The number of rotatable bonds is 4. The van der Waals surface area contributed by atoms with E-state index in [0.29, 0.717) is 6.42 Å². The fourth-order valence-electron chi connectivity index (χ4n) is 1.61. The van der Waals surface area contributed by atoms with Crippen LogP contribution in [0.5, 0.6) is 0 Å². The maximum absolute atomic E-state index is 10.0. The minimum absolute atomic E-state index is 0.447. The highest BCUT2D eigenvalue weighted by atomic mass is 32.1. The molecular weight excluding hydrogens is 218 g/mol. The number of nitrogens with zero attached hydrogens (tertiary/aromatic N) is 1. The molecule has 2 rings (SSSR count). The number of aliphatic hydroxyl groups excluding tert-OH is 1. The van der Waals surface area contributed by atoms with Gasteiger partial charge in [-0.15, -0.1) is 11.3 Å². The van der Waals surface area contributed by atoms with Crippen LogP contribution in [0.25, 0.3) is 0 Å². The van der Waals surface area contributed by atoms with Crippen LogP contribution in [0.3, 0.4) is 0 Å². The standard InChI is InChI=1S/C13H15NOS/c1-2-10-3-5-11(6-4-10)12(15)9-13-14-7-8-16-13/h3-8,12,15H,2,9H2,1H3. The highest BCUT2D eigenvalue weighted by Gasteiger charge is 2.09. The van der Waals surface area contributed by atoms with E-state index >= 15 is 0 Å². The first-order valence-electron chi connectivity index (χ1n) is 5.45. The van der Waals surface area contributed by atoms with Gasteiger partial charge in [-0.25, -0.2) is 4.98 Å². The smallest absolute Gasteiger partial charge is 0.0954 e. The van der Waals surface area contributed by atoms with Crippen LogP contribution in [0.1, 0.15) is 29.2 Å². The van der Waals surface area contributed by atoms with Crippen molar-refractivity contribution in [3.05, 3.63) is 52.0 Å². The minimum Gasteiger partial charge on any atom is -0.388 e. The topological polar surface area (TPSA) is 33.1 Å². The van der Waals surface area contributed by atoms with Crippen molar-refractivity contribution in [2.45, 2.75) is 25.9 Å². The Bertz CT molecular complexity index is 422. The zero-order valence-electron chi connectivity index (χ0n) is 9.26. The molecule has 1 N–H and O–H groups in total. The highest BCUT2D eigenvalue weighted by Crippen LogP contribution is 2.19. The molecule has 1 heterocycles. The van der Waals surface area contributed by atoms with Gasteiger partial charge in [-0.05, 0) is 17.5 Å². The molecule has 2 aromatic rings. The van der Waals surface area contributed by atoms with E-state index in [1.54, 1.807) is 17.5 Å². The van der Waals surface area contributed by atoms with Crippen LogP contribution in [0.4, 0.5) is 0 Å². The Morgan fingerprint density at radius 2 is 2.06 bits per heavy atom. The molecule has 1 unspecified atom stereocenters. The second-order valence-electron chi connectivity index (χ2n) is 3.74. The molecule has 0 aliphatic carbocycles. The Labute approximate surface area is 99.6 Å². The second kappa shape index (κ2) is 5.23. The van der Waals surface area contributed by atoms with Gasteiger partial charge in [0.1, 0.15) is 0 Å². The van der Waals surface area contributed by atoms with Crippen molar-refractivity contribution >= 4 is 11.3 Å². The molecule has 0 aliphatic heterocycles. The molecule has 0 radical (unpaired) electrons. The summed E-state index contributed by atoms with van der Waals surface area (Å²) in [5.74, 6) is 0. The van der Waals surface area contributed by atoms with Crippen molar-refractivity contribution in [1.82, 2.24) is 4.98 Å². The molecule has 0 saturated heterocycles. The van der Waals surface area contributed by atoms with Gasteiger partial charge in [-0.1, -0.05) is 31.2 Å². The monoisotopic (exact) mass is 233 g/mol. The average molecular weight is 233 g/mol. The molecule has 0 amide bonds. The number of benzene rings is 1. The molecule has 1 atom stereocenters. The summed E-state index contributed by atoms with van der Waals surface area (Å²) in [6.07, 6.45) is 2.95. The maximum Gasteiger partial charge on any atom is 0.0954 e. The van der Waals surface area contributed by atoms with Crippen LogP contribution in [-0.2, 0) is 12.8 Å². The molecule has 0 fully saturated rings. The Kier molecular flexibility index (Phi) is 3.70. The second-order valence-corrected chi connectivity index (χ2v) is 4.72. The van der Waals surface area contributed by atoms with E-state index in [2.05, 4.69) is 24.0 Å². The highest BCUT2D eigenvalue weighted by molar-refractivity contribution is 7.09. The zero-order chi connectivity index (χ0) is 11.4. The van der Waals surface area contributed by atoms with Crippen molar-refractivity contribution in [1.29, 1.82) is 0 Å². The molecule has 3 heteroatoms. The fraction of sp³-hybridized carbons (Fsp3) is 0.308. The summed E-state index contributed by atoms with van der Waals surface area (Å²) in [6, 6.07) is 8.13. The lowest BCUT2D eigenvalue weighted by Crippen LogP contribution is -2.01. The summed E-state index contributed by atoms with van der Waals surface area (Å²) in [5, 5.41) is 12.9. The largest absolute Gasteiger partial charge is 0.388 e. The predicted octanol–water partition coefficient (Wildman–Crippen LogP) is 2.98. The van der Waals surface area contributed by atoms with Crippen molar-refractivity contribution in [2.24, 2.45) is 0 Å². The van der Waals surface area contributed by atoms with E-state index in [-0.39, 0.29) is 0 Å². The molecule has 0 saturated carbocycles. The van der Waals surface area contributed by atoms with Crippen LogP contribution >= 0.6 is 11.3 Å². The fourth-order valence-corrected chi connectivity index (χ4v) is 2.27. The quantitative estimate of drug-likeness (QED) is 0.880. The summed E-state index contributed by atoms with van der Waals surface area (Å²) in [6.45, 7) is 2.13. The van der Waals surface area contributed by atoms with Gasteiger partial charge < -0.3 is 5.11 Å². The Morgan fingerprint density at radius 1 is 1.31 bits per heavy atom. The third kappa shape index (κ3) is 2.68. The molecule has 2 nitrogen and oxygen atoms in total. The van der Waals surface area contributed by atoms with Gasteiger partial charge in [0.05, 0.1) is 11.1 Å². The molecule has 1 aromatic heterocycles. The SMILES string of the molecule is CCc1ccc(C(O)Cc2nccs2)cc1. The van der Waals surface area contributed by atoms with Gasteiger partial charge in [0, 0.05) is 18.0 Å². The third-order valence-corrected chi connectivity index (χ3v) is 3.43. The molecule has 84 valence electrons. The van der Waals surface area contributed by atoms with E-state index in [9.17, 15) is 5.11 Å².